The monoisotopic (exact) mass is 322 g/mol. The average molecular weight is 322 g/mol. The van der Waals surface area contributed by atoms with E-state index in [9.17, 15) is 5.11 Å². The Morgan fingerprint density at radius 3 is 2.96 bits per heavy atom. The van der Waals surface area contributed by atoms with Crippen molar-refractivity contribution in [3.8, 4) is 11.5 Å². The summed E-state index contributed by atoms with van der Waals surface area (Å²) in [6, 6.07) is 7.65. The summed E-state index contributed by atoms with van der Waals surface area (Å²) in [5.74, 6) is 1.62. The zero-order chi connectivity index (χ0) is 16.1. The quantitative estimate of drug-likeness (QED) is 0.821. The second kappa shape index (κ2) is 7.49. The molecule has 2 aliphatic rings. The highest BCUT2D eigenvalue weighted by Gasteiger charge is 2.43. The highest BCUT2D eigenvalue weighted by Crippen LogP contribution is 2.25. The van der Waals surface area contributed by atoms with Crippen molar-refractivity contribution in [3.63, 3.8) is 0 Å². The molecule has 1 N–H and O–H groups in total. The van der Waals surface area contributed by atoms with E-state index < -0.39 is 0 Å². The Kier molecular flexibility index (Phi) is 5.38. The minimum atomic E-state index is -0.244. The smallest absolute Gasteiger partial charge is 0.123 e. The van der Waals surface area contributed by atoms with Crippen molar-refractivity contribution < 1.29 is 19.3 Å². The van der Waals surface area contributed by atoms with Gasteiger partial charge in [0.25, 0.3) is 0 Å². The zero-order valence-corrected chi connectivity index (χ0v) is 13.7. The Balaban J connectivity index is 1.50. The molecule has 6 nitrogen and oxygen atoms in total. The Bertz CT molecular complexity index is 513. The number of aliphatic hydroxyl groups is 1. The van der Waals surface area contributed by atoms with Gasteiger partial charge in [-0.2, -0.15) is 0 Å². The van der Waals surface area contributed by atoms with Crippen molar-refractivity contribution >= 4 is 0 Å². The molecule has 0 aliphatic carbocycles. The van der Waals surface area contributed by atoms with Gasteiger partial charge in [0, 0.05) is 38.8 Å². The van der Waals surface area contributed by atoms with Crippen LogP contribution >= 0.6 is 0 Å². The van der Waals surface area contributed by atoms with Crippen LogP contribution in [0.4, 0.5) is 0 Å². The number of ether oxygens (including phenoxy) is 3. The van der Waals surface area contributed by atoms with Crippen LogP contribution in [-0.2, 0) is 4.74 Å². The first-order valence-electron chi connectivity index (χ1n) is 8.19. The maximum atomic E-state index is 9.86. The van der Waals surface area contributed by atoms with Crippen molar-refractivity contribution in [1.29, 1.82) is 0 Å². The highest BCUT2D eigenvalue weighted by molar-refractivity contribution is 5.32. The van der Waals surface area contributed by atoms with E-state index in [0.29, 0.717) is 13.2 Å². The van der Waals surface area contributed by atoms with Gasteiger partial charge in [0.15, 0.2) is 0 Å². The number of aliphatic hydroxyl groups excluding tert-OH is 1. The first kappa shape index (κ1) is 16.5. The summed E-state index contributed by atoms with van der Waals surface area (Å²) in [6.07, 6.45) is 0. The lowest BCUT2D eigenvalue weighted by Gasteiger charge is -2.52. The third-order valence-electron chi connectivity index (χ3n) is 4.76. The molecule has 2 saturated heterocycles. The van der Waals surface area contributed by atoms with Crippen LogP contribution in [-0.4, -0.2) is 86.7 Å². The van der Waals surface area contributed by atoms with Gasteiger partial charge in [-0.25, -0.2) is 0 Å². The van der Waals surface area contributed by atoms with E-state index in [4.69, 9.17) is 14.2 Å². The Morgan fingerprint density at radius 2 is 2.13 bits per heavy atom. The summed E-state index contributed by atoms with van der Waals surface area (Å²) in [5, 5.41) is 9.86. The van der Waals surface area contributed by atoms with Gasteiger partial charge in [-0.3, -0.25) is 9.80 Å². The zero-order valence-electron chi connectivity index (χ0n) is 13.7. The fraction of sp³-hybridized carbons (Fsp3) is 0.647. The molecule has 1 unspecified atom stereocenters. The van der Waals surface area contributed by atoms with Gasteiger partial charge in [-0.05, 0) is 12.1 Å². The molecule has 0 aromatic heterocycles. The molecule has 0 spiro atoms. The van der Waals surface area contributed by atoms with Gasteiger partial charge in [0.1, 0.15) is 18.1 Å². The average Bonchev–Trinajstić information content (AvgIpc) is 2.61. The number of hydrogen-bond donors (Lipinski definition) is 1. The summed E-state index contributed by atoms with van der Waals surface area (Å²) >= 11 is 0. The number of rotatable bonds is 6. The summed E-state index contributed by atoms with van der Waals surface area (Å²) in [7, 11) is 1.65. The summed E-state index contributed by atoms with van der Waals surface area (Å²) in [4.78, 5) is 4.72. The maximum absolute atomic E-state index is 9.86. The van der Waals surface area contributed by atoms with Crippen LogP contribution in [0.2, 0.25) is 0 Å². The molecule has 2 aliphatic heterocycles. The van der Waals surface area contributed by atoms with Crippen LogP contribution < -0.4 is 9.47 Å². The van der Waals surface area contributed by atoms with E-state index in [1.54, 1.807) is 7.11 Å². The first-order valence-corrected chi connectivity index (χ1v) is 8.19. The molecule has 0 bridgehead atoms. The minimum absolute atomic E-state index is 0.139. The molecule has 23 heavy (non-hydrogen) atoms. The molecule has 128 valence electrons. The van der Waals surface area contributed by atoms with E-state index in [-0.39, 0.29) is 12.1 Å². The van der Waals surface area contributed by atoms with Crippen molar-refractivity contribution in [3.05, 3.63) is 24.3 Å². The largest absolute Gasteiger partial charge is 0.497 e. The van der Waals surface area contributed by atoms with Crippen LogP contribution in [0.25, 0.3) is 0 Å². The predicted octanol–water partition coefficient (Wildman–Crippen LogP) is 0.453. The fourth-order valence-corrected chi connectivity index (χ4v) is 3.39. The third-order valence-corrected chi connectivity index (χ3v) is 4.76. The van der Waals surface area contributed by atoms with E-state index in [1.807, 2.05) is 24.3 Å². The molecule has 0 saturated carbocycles. The fourth-order valence-electron chi connectivity index (χ4n) is 3.39. The molecule has 0 radical (unpaired) electrons. The number of nitrogens with zero attached hydrogens (tertiary/aromatic N) is 2. The third kappa shape index (κ3) is 3.77. The molecule has 2 fully saturated rings. The van der Waals surface area contributed by atoms with Gasteiger partial charge < -0.3 is 19.3 Å². The van der Waals surface area contributed by atoms with Gasteiger partial charge >= 0.3 is 0 Å². The Labute approximate surface area is 137 Å². The second-order valence-corrected chi connectivity index (χ2v) is 6.23. The molecular formula is C17H26N2O4. The standard InChI is InChI=1S/C17H26N2O4/c1-21-15-3-2-4-16(11-15)23-10-7-18-5-6-19-8-9-22-14-17(19,12-18)13-20/h2-4,11,20H,5-10,12-14H2,1H3. The number of hydrogen-bond acceptors (Lipinski definition) is 6. The second-order valence-electron chi connectivity index (χ2n) is 6.23. The molecule has 0 amide bonds. The highest BCUT2D eigenvalue weighted by atomic mass is 16.5. The lowest BCUT2D eigenvalue weighted by molar-refractivity contribution is -0.126. The van der Waals surface area contributed by atoms with Crippen molar-refractivity contribution in [2.75, 3.05) is 66.3 Å². The van der Waals surface area contributed by atoms with Crippen molar-refractivity contribution in [1.82, 2.24) is 9.80 Å². The summed E-state index contributed by atoms with van der Waals surface area (Å²) in [5.41, 5.74) is -0.244. The van der Waals surface area contributed by atoms with Crippen LogP contribution in [0.1, 0.15) is 0 Å². The van der Waals surface area contributed by atoms with Crippen LogP contribution in [0.15, 0.2) is 24.3 Å². The maximum Gasteiger partial charge on any atom is 0.123 e. The van der Waals surface area contributed by atoms with Gasteiger partial charge in [-0.15, -0.1) is 0 Å². The van der Waals surface area contributed by atoms with Gasteiger partial charge in [0.2, 0.25) is 0 Å². The van der Waals surface area contributed by atoms with E-state index >= 15 is 0 Å². The molecule has 3 rings (SSSR count). The first-order chi connectivity index (χ1) is 11.3. The van der Waals surface area contributed by atoms with E-state index in [0.717, 1.165) is 50.8 Å². The Morgan fingerprint density at radius 1 is 1.26 bits per heavy atom. The van der Waals surface area contributed by atoms with Crippen LogP contribution in [0.5, 0.6) is 11.5 Å². The SMILES string of the molecule is COc1cccc(OCCN2CCN3CCOCC3(CO)C2)c1. The molecular weight excluding hydrogens is 296 g/mol. The molecule has 1 aromatic rings. The number of benzene rings is 1. The minimum Gasteiger partial charge on any atom is -0.497 e. The lowest BCUT2D eigenvalue weighted by Crippen LogP contribution is -2.69. The van der Waals surface area contributed by atoms with Crippen molar-refractivity contribution in [2.45, 2.75) is 5.54 Å². The number of fused-ring (bicyclic) bond motifs is 1. The van der Waals surface area contributed by atoms with Gasteiger partial charge in [0.05, 0.1) is 32.5 Å². The molecule has 2 heterocycles. The summed E-state index contributed by atoms with van der Waals surface area (Å²) in [6.45, 7) is 6.69. The summed E-state index contributed by atoms with van der Waals surface area (Å²) < 4.78 is 16.6. The predicted molar refractivity (Wildman–Crippen MR) is 87.1 cm³/mol. The van der Waals surface area contributed by atoms with E-state index in [1.165, 1.54) is 0 Å². The molecule has 1 aromatic carbocycles. The number of morpholine rings is 1. The molecule has 6 heteroatoms. The van der Waals surface area contributed by atoms with Crippen LogP contribution in [0, 0.1) is 0 Å². The van der Waals surface area contributed by atoms with E-state index in [2.05, 4.69) is 9.80 Å². The number of piperazine rings is 1. The number of methoxy groups -OCH3 is 1. The lowest BCUT2D eigenvalue weighted by atomic mass is 9.94. The molecule has 1 atom stereocenters. The topological polar surface area (TPSA) is 54.4 Å². The van der Waals surface area contributed by atoms with Gasteiger partial charge in [-0.1, -0.05) is 6.07 Å². The normalized spacial score (nSPS) is 25.8. The van der Waals surface area contributed by atoms with Crippen molar-refractivity contribution in [2.24, 2.45) is 0 Å². The Hall–Kier alpha value is -1.34. The van der Waals surface area contributed by atoms with Crippen LogP contribution in [0.3, 0.4) is 0 Å².